The summed E-state index contributed by atoms with van der Waals surface area (Å²) in [5.41, 5.74) is 7.69. The lowest BCUT2D eigenvalue weighted by molar-refractivity contribution is 0.107. The van der Waals surface area contributed by atoms with Crippen molar-refractivity contribution in [2.45, 2.75) is 103 Å². The molecule has 0 unspecified atom stereocenters. The molecular formula is C42H44N14O. The molecule has 2 aliphatic rings. The van der Waals surface area contributed by atoms with E-state index in [-0.39, 0.29) is 0 Å². The molecule has 15 heteroatoms. The maximum atomic E-state index is 6.20. The zero-order valence-corrected chi connectivity index (χ0v) is 32.2. The first-order valence-corrected chi connectivity index (χ1v) is 20.2. The van der Waals surface area contributed by atoms with E-state index in [2.05, 4.69) is 82.5 Å². The molecule has 6 heterocycles. The molecule has 0 amide bonds. The average molecular weight is 761 g/mol. The van der Waals surface area contributed by atoms with Gasteiger partial charge < -0.3 is 4.74 Å². The molecule has 288 valence electrons. The van der Waals surface area contributed by atoms with Crippen molar-refractivity contribution in [1.82, 2.24) is 68.7 Å². The van der Waals surface area contributed by atoms with Gasteiger partial charge in [0.1, 0.15) is 48.0 Å². The third-order valence-electron chi connectivity index (χ3n) is 11.5. The summed E-state index contributed by atoms with van der Waals surface area (Å²) < 4.78 is 13.7. The van der Waals surface area contributed by atoms with E-state index in [1.807, 2.05) is 9.03 Å². The first kappa shape index (κ1) is 35.2. The van der Waals surface area contributed by atoms with Crippen LogP contribution in [0.25, 0.3) is 45.4 Å². The summed E-state index contributed by atoms with van der Waals surface area (Å²) >= 11 is 0. The molecule has 8 aromatic rings. The SMILES string of the molecule is CCc1nc(C2CCCC2)n2nc(-c3ccc(COCc4ccc(-c5nc(-n6cncn6)c6c(CC)nc(C7CCCC7)n6n5)cc4)cc3)nc(-n3cncn3)c12. The molecule has 2 aliphatic carbocycles. The van der Waals surface area contributed by atoms with Crippen LogP contribution in [0.2, 0.25) is 0 Å². The van der Waals surface area contributed by atoms with Gasteiger partial charge in [0.25, 0.3) is 0 Å². The van der Waals surface area contributed by atoms with Crippen LogP contribution in [0.1, 0.15) is 111 Å². The van der Waals surface area contributed by atoms with Gasteiger partial charge in [0.2, 0.25) is 0 Å². The molecular weight excluding hydrogens is 717 g/mol. The highest BCUT2D eigenvalue weighted by Gasteiger charge is 2.28. The molecule has 0 atom stereocenters. The van der Waals surface area contributed by atoms with E-state index in [1.165, 1.54) is 38.3 Å². The largest absolute Gasteiger partial charge is 0.372 e. The lowest BCUT2D eigenvalue weighted by atomic mass is 10.1. The number of fused-ring (bicyclic) bond motifs is 2. The fourth-order valence-electron chi connectivity index (χ4n) is 8.52. The highest BCUT2D eigenvalue weighted by Crippen LogP contribution is 2.37. The van der Waals surface area contributed by atoms with E-state index in [0.29, 0.717) is 48.3 Å². The second-order valence-electron chi connectivity index (χ2n) is 15.1. The lowest BCUT2D eigenvalue weighted by Crippen LogP contribution is -2.10. The average Bonchev–Trinajstić information content (AvgIpc) is 4.11. The zero-order valence-electron chi connectivity index (χ0n) is 32.2. The van der Waals surface area contributed by atoms with Crippen molar-refractivity contribution in [2.75, 3.05) is 0 Å². The second kappa shape index (κ2) is 15.0. The van der Waals surface area contributed by atoms with E-state index in [4.69, 9.17) is 34.9 Å². The van der Waals surface area contributed by atoms with Gasteiger partial charge >= 0.3 is 0 Å². The van der Waals surface area contributed by atoms with Crippen molar-refractivity contribution in [2.24, 2.45) is 0 Å². The molecule has 2 fully saturated rings. The van der Waals surface area contributed by atoms with Gasteiger partial charge in [-0.2, -0.15) is 10.2 Å². The molecule has 0 aliphatic heterocycles. The number of imidazole rings is 2. The monoisotopic (exact) mass is 760 g/mol. The van der Waals surface area contributed by atoms with Gasteiger partial charge in [0.05, 0.1) is 24.6 Å². The summed E-state index contributed by atoms with van der Waals surface area (Å²) in [6, 6.07) is 16.5. The van der Waals surface area contributed by atoms with Crippen LogP contribution < -0.4 is 0 Å². The van der Waals surface area contributed by atoms with Crippen LogP contribution in [0.3, 0.4) is 0 Å². The summed E-state index contributed by atoms with van der Waals surface area (Å²) in [5.74, 6) is 5.43. The zero-order chi connectivity index (χ0) is 38.3. The predicted molar refractivity (Wildman–Crippen MR) is 212 cm³/mol. The smallest absolute Gasteiger partial charge is 0.185 e. The van der Waals surface area contributed by atoms with Gasteiger partial charge in [-0.1, -0.05) is 88.1 Å². The fraction of sp³-hybridized carbons (Fsp3) is 0.381. The molecule has 0 saturated heterocycles. The molecule has 6 aromatic heterocycles. The summed E-state index contributed by atoms with van der Waals surface area (Å²) in [6.45, 7) is 5.17. The molecule has 10 rings (SSSR count). The Bertz CT molecular complexity index is 2450. The number of benzene rings is 2. The standard InChI is InChI=1S/C42H44N14O/c1-3-33-35-41(53-25-43-23-45-53)49-37(51-55(35)39(47-33)31-9-5-6-10-31)29-17-13-27(14-18-29)21-57-22-28-15-19-30(20-16-28)38-50-42(54-26-44-24-46-54)36-34(4-2)48-40(56(36)52-38)32-11-7-8-12-32/h13-20,23-26,31-32H,3-12,21-22H2,1-2H3. The van der Waals surface area contributed by atoms with Crippen LogP contribution in [-0.2, 0) is 30.8 Å². The Kier molecular flexibility index (Phi) is 9.28. The topological polar surface area (TPSA) is 157 Å². The van der Waals surface area contributed by atoms with Crippen molar-refractivity contribution < 1.29 is 4.74 Å². The third-order valence-corrected chi connectivity index (χ3v) is 11.5. The van der Waals surface area contributed by atoms with Crippen LogP contribution in [0.4, 0.5) is 0 Å². The molecule has 0 N–H and O–H groups in total. The number of ether oxygens (including phenoxy) is 1. The Hall–Kier alpha value is -6.22. The van der Waals surface area contributed by atoms with Crippen molar-refractivity contribution >= 4 is 11.0 Å². The Morgan fingerprint density at radius 1 is 0.561 bits per heavy atom. The molecule has 0 spiro atoms. The van der Waals surface area contributed by atoms with E-state index in [0.717, 1.165) is 94.8 Å². The van der Waals surface area contributed by atoms with Crippen molar-refractivity contribution in [3.63, 3.8) is 0 Å². The minimum atomic E-state index is 0.391. The Balaban J connectivity index is 0.871. The van der Waals surface area contributed by atoms with E-state index in [1.54, 1.807) is 22.0 Å². The van der Waals surface area contributed by atoms with Crippen molar-refractivity contribution in [1.29, 1.82) is 0 Å². The number of aromatic nitrogens is 14. The number of hydrogen-bond acceptors (Lipinski definition) is 11. The number of rotatable bonds is 12. The van der Waals surface area contributed by atoms with Crippen LogP contribution in [0.15, 0.2) is 73.8 Å². The van der Waals surface area contributed by atoms with Gasteiger partial charge in [-0.05, 0) is 49.7 Å². The quantitative estimate of drug-likeness (QED) is 0.124. The van der Waals surface area contributed by atoms with Crippen LogP contribution in [0, 0.1) is 0 Å². The lowest BCUT2D eigenvalue weighted by Gasteiger charge is -2.12. The van der Waals surface area contributed by atoms with Gasteiger partial charge in [0.15, 0.2) is 23.3 Å². The van der Waals surface area contributed by atoms with Gasteiger partial charge in [-0.25, -0.2) is 48.3 Å². The summed E-state index contributed by atoms with van der Waals surface area (Å²) in [5, 5.41) is 19.0. The van der Waals surface area contributed by atoms with E-state index < -0.39 is 0 Å². The maximum absolute atomic E-state index is 6.20. The normalized spacial score (nSPS) is 15.2. The first-order valence-electron chi connectivity index (χ1n) is 20.2. The van der Waals surface area contributed by atoms with Crippen LogP contribution >= 0.6 is 0 Å². The summed E-state index contributed by atoms with van der Waals surface area (Å²) in [7, 11) is 0. The molecule has 2 aromatic carbocycles. The Morgan fingerprint density at radius 3 is 1.35 bits per heavy atom. The molecule has 2 saturated carbocycles. The second-order valence-corrected chi connectivity index (χ2v) is 15.1. The molecule has 0 radical (unpaired) electrons. The van der Waals surface area contributed by atoms with Gasteiger partial charge in [-0.3, -0.25) is 0 Å². The van der Waals surface area contributed by atoms with Crippen LogP contribution in [-0.4, -0.2) is 68.7 Å². The van der Waals surface area contributed by atoms with E-state index >= 15 is 0 Å². The highest BCUT2D eigenvalue weighted by molar-refractivity contribution is 5.69. The predicted octanol–water partition coefficient (Wildman–Crippen LogP) is 7.21. The Labute approximate surface area is 329 Å². The van der Waals surface area contributed by atoms with Crippen molar-refractivity contribution in [3.8, 4) is 34.4 Å². The third kappa shape index (κ3) is 6.54. The minimum absolute atomic E-state index is 0.391. The Morgan fingerprint density at radius 2 is 0.982 bits per heavy atom. The minimum Gasteiger partial charge on any atom is -0.372 e. The summed E-state index contributed by atoms with van der Waals surface area (Å²) in [4.78, 5) is 28.6. The van der Waals surface area contributed by atoms with Gasteiger partial charge in [0, 0.05) is 23.0 Å². The molecule has 15 nitrogen and oxygen atoms in total. The number of hydrogen-bond donors (Lipinski definition) is 0. The first-order chi connectivity index (χ1) is 28.1. The fourth-order valence-corrected chi connectivity index (χ4v) is 8.52. The number of aryl methyl sites for hydroxylation is 2. The van der Waals surface area contributed by atoms with Gasteiger partial charge in [-0.15, -0.1) is 10.2 Å². The highest BCUT2D eigenvalue weighted by atomic mass is 16.5. The molecule has 0 bridgehead atoms. The van der Waals surface area contributed by atoms with E-state index in [9.17, 15) is 0 Å². The maximum Gasteiger partial charge on any atom is 0.185 e. The summed E-state index contributed by atoms with van der Waals surface area (Å²) in [6.07, 6.45) is 17.4. The number of nitrogens with zero attached hydrogens (tertiary/aromatic N) is 14. The van der Waals surface area contributed by atoms with Crippen LogP contribution in [0.5, 0.6) is 0 Å². The molecule has 57 heavy (non-hydrogen) atoms. The van der Waals surface area contributed by atoms with Crippen molar-refractivity contribution in [3.05, 3.63) is 108 Å².